The third-order valence-electron chi connectivity index (χ3n) is 3.18. The molecule has 0 bridgehead atoms. The Balaban J connectivity index is 2.33. The lowest BCUT2D eigenvalue weighted by Gasteiger charge is -2.09. The topological polar surface area (TPSA) is 97.9 Å². The van der Waals surface area contributed by atoms with Crippen molar-refractivity contribution < 1.29 is 28.6 Å². The van der Waals surface area contributed by atoms with E-state index in [9.17, 15) is 14.4 Å². The maximum atomic E-state index is 12.1. The van der Waals surface area contributed by atoms with Gasteiger partial charge in [0, 0.05) is 37.9 Å². The van der Waals surface area contributed by atoms with Crippen molar-refractivity contribution in [3.8, 4) is 11.5 Å². The van der Waals surface area contributed by atoms with Crippen LogP contribution in [0.1, 0.15) is 24.3 Å². The van der Waals surface area contributed by atoms with Crippen LogP contribution in [0.3, 0.4) is 0 Å². The molecule has 0 aliphatic heterocycles. The Morgan fingerprint density at radius 3 is 2.32 bits per heavy atom. The molecule has 25 heavy (non-hydrogen) atoms. The Morgan fingerprint density at radius 2 is 1.72 bits per heavy atom. The number of carbonyl (C=O) groups excluding carboxylic acids is 3. The Kier molecular flexibility index (Phi) is 5.76. The van der Waals surface area contributed by atoms with Crippen LogP contribution in [0.5, 0.6) is 11.5 Å². The first kappa shape index (κ1) is 18.5. The number of H-pyrrole nitrogens is 1. The minimum atomic E-state index is -0.530. The zero-order valence-corrected chi connectivity index (χ0v) is 14.5. The van der Waals surface area contributed by atoms with Crippen LogP contribution in [-0.2, 0) is 14.3 Å². The first-order valence-corrected chi connectivity index (χ1v) is 7.61. The van der Waals surface area contributed by atoms with Crippen LogP contribution in [0, 0.1) is 0 Å². The minimum absolute atomic E-state index is 0.185. The third kappa shape index (κ3) is 5.05. The van der Waals surface area contributed by atoms with E-state index in [1.165, 1.54) is 26.0 Å². The number of fused-ring (bicyclic) bond motifs is 1. The highest BCUT2D eigenvalue weighted by molar-refractivity contribution is 5.98. The number of aromatic amines is 1. The zero-order chi connectivity index (χ0) is 18.6. The fourth-order valence-electron chi connectivity index (χ4n) is 2.15. The van der Waals surface area contributed by atoms with Crippen LogP contribution in [0.25, 0.3) is 10.9 Å². The monoisotopic (exact) mass is 348 g/mol. The fraction of sp³-hybridized carbons (Fsp3) is 0.353. The molecule has 0 amide bonds. The molecular weight excluding hydrogens is 328 g/mol. The highest BCUT2D eigenvalue weighted by Crippen LogP contribution is 2.32. The van der Waals surface area contributed by atoms with E-state index in [-0.39, 0.29) is 23.8 Å². The van der Waals surface area contributed by atoms with E-state index in [1.807, 2.05) is 19.0 Å². The van der Waals surface area contributed by atoms with E-state index < -0.39 is 17.9 Å². The summed E-state index contributed by atoms with van der Waals surface area (Å²) >= 11 is 0. The Morgan fingerprint density at radius 1 is 1.04 bits per heavy atom. The van der Waals surface area contributed by atoms with Gasteiger partial charge in [-0.1, -0.05) is 0 Å². The summed E-state index contributed by atoms with van der Waals surface area (Å²) in [4.78, 5) is 39.4. The standard InChI is InChI=1S/C17H20N2O6/c1-10(20)24-12-7-14-13(16(8-12)25-11(2)21)9-15(18-14)17(22)23-6-5-19(3)4/h7-9,18H,5-6H2,1-4H3. The number of ether oxygens (including phenoxy) is 3. The zero-order valence-electron chi connectivity index (χ0n) is 14.5. The number of esters is 3. The third-order valence-corrected chi connectivity index (χ3v) is 3.18. The van der Waals surface area contributed by atoms with Crippen LogP contribution < -0.4 is 9.47 Å². The van der Waals surface area contributed by atoms with Gasteiger partial charge in [-0.15, -0.1) is 0 Å². The molecule has 0 unspecified atom stereocenters. The number of rotatable bonds is 6. The van der Waals surface area contributed by atoms with Gasteiger partial charge in [0.25, 0.3) is 0 Å². The van der Waals surface area contributed by atoms with E-state index >= 15 is 0 Å². The highest BCUT2D eigenvalue weighted by Gasteiger charge is 2.17. The molecule has 0 radical (unpaired) electrons. The molecule has 134 valence electrons. The van der Waals surface area contributed by atoms with Crippen molar-refractivity contribution in [3.05, 3.63) is 23.9 Å². The second kappa shape index (κ2) is 7.80. The fourth-order valence-corrected chi connectivity index (χ4v) is 2.15. The van der Waals surface area contributed by atoms with Crippen LogP contribution >= 0.6 is 0 Å². The number of likely N-dealkylation sites (N-methyl/N-ethyl adjacent to an activating group) is 1. The number of carbonyl (C=O) groups is 3. The maximum Gasteiger partial charge on any atom is 0.354 e. The van der Waals surface area contributed by atoms with Crippen molar-refractivity contribution in [2.24, 2.45) is 0 Å². The summed E-state index contributed by atoms with van der Waals surface area (Å²) in [5.41, 5.74) is 0.691. The molecule has 0 saturated carbocycles. The van der Waals surface area contributed by atoms with Gasteiger partial charge in [-0.2, -0.15) is 0 Å². The van der Waals surface area contributed by atoms with Gasteiger partial charge < -0.3 is 24.1 Å². The lowest BCUT2D eigenvalue weighted by Crippen LogP contribution is -2.20. The van der Waals surface area contributed by atoms with Crippen LogP contribution in [0.2, 0.25) is 0 Å². The summed E-state index contributed by atoms with van der Waals surface area (Å²) in [7, 11) is 3.75. The van der Waals surface area contributed by atoms with Gasteiger partial charge in [0.05, 0.1) is 5.52 Å². The molecule has 1 heterocycles. The molecule has 0 fully saturated rings. The van der Waals surface area contributed by atoms with E-state index in [1.54, 1.807) is 6.07 Å². The molecule has 1 aromatic heterocycles. The van der Waals surface area contributed by atoms with Crippen molar-refractivity contribution in [1.29, 1.82) is 0 Å². The Labute approximate surface area is 144 Å². The molecule has 0 saturated heterocycles. The molecule has 0 atom stereocenters. The van der Waals surface area contributed by atoms with E-state index in [0.29, 0.717) is 17.4 Å². The highest BCUT2D eigenvalue weighted by atomic mass is 16.5. The van der Waals surface area contributed by atoms with Crippen molar-refractivity contribution in [3.63, 3.8) is 0 Å². The number of hydrogen-bond donors (Lipinski definition) is 1. The second-order valence-corrected chi connectivity index (χ2v) is 5.69. The maximum absolute atomic E-state index is 12.1. The van der Waals surface area contributed by atoms with E-state index in [2.05, 4.69) is 4.98 Å². The molecular formula is C17H20N2O6. The smallest absolute Gasteiger partial charge is 0.354 e. The average molecular weight is 348 g/mol. The second-order valence-electron chi connectivity index (χ2n) is 5.69. The summed E-state index contributed by atoms with van der Waals surface area (Å²) in [6, 6.07) is 4.49. The molecule has 1 aromatic carbocycles. The molecule has 2 aromatic rings. The quantitative estimate of drug-likeness (QED) is 0.627. The number of benzene rings is 1. The Hall–Kier alpha value is -2.87. The molecule has 2 rings (SSSR count). The molecule has 8 nitrogen and oxygen atoms in total. The lowest BCUT2D eigenvalue weighted by atomic mass is 10.2. The minimum Gasteiger partial charge on any atom is -0.460 e. The van der Waals surface area contributed by atoms with E-state index in [4.69, 9.17) is 14.2 Å². The van der Waals surface area contributed by atoms with Crippen LogP contribution in [0.15, 0.2) is 18.2 Å². The van der Waals surface area contributed by atoms with Gasteiger partial charge >= 0.3 is 17.9 Å². The van der Waals surface area contributed by atoms with E-state index in [0.717, 1.165) is 0 Å². The normalized spacial score (nSPS) is 10.8. The number of aromatic nitrogens is 1. The molecule has 0 spiro atoms. The average Bonchev–Trinajstić information content (AvgIpc) is 2.89. The van der Waals surface area contributed by atoms with Gasteiger partial charge in [0.15, 0.2) is 0 Å². The summed E-state index contributed by atoms with van der Waals surface area (Å²) < 4.78 is 15.4. The van der Waals surface area contributed by atoms with Crippen molar-refractivity contribution in [1.82, 2.24) is 9.88 Å². The molecule has 0 aliphatic carbocycles. The summed E-state index contributed by atoms with van der Waals surface area (Å²) in [6.45, 7) is 3.36. The number of nitrogens with zero attached hydrogens (tertiary/aromatic N) is 1. The molecule has 8 heteroatoms. The van der Waals surface area contributed by atoms with Gasteiger partial charge in [-0.3, -0.25) is 9.59 Å². The Bertz CT molecular complexity index is 809. The predicted molar refractivity (Wildman–Crippen MR) is 89.8 cm³/mol. The van der Waals surface area contributed by atoms with Crippen LogP contribution in [0.4, 0.5) is 0 Å². The van der Waals surface area contributed by atoms with Gasteiger partial charge in [-0.05, 0) is 20.2 Å². The van der Waals surface area contributed by atoms with Gasteiger partial charge in [-0.25, -0.2) is 4.79 Å². The first-order chi connectivity index (χ1) is 11.8. The van der Waals surface area contributed by atoms with Crippen LogP contribution in [-0.4, -0.2) is 55.0 Å². The largest absolute Gasteiger partial charge is 0.460 e. The van der Waals surface area contributed by atoms with Crippen molar-refractivity contribution in [2.45, 2.75) is 13.8 Å². The van der Waals surface area contributed by atoms with Gasteiger partial charge in [0.1, 0.15) is 23.8 Å². The SMILES string of the molecule is CC(=O)Oc1cc(OC(C)=O)c2cc(C(=O)OCCN(C)C)[nH]c2c1. The first-order valence-electron chi connectivity index (χ1n) is 7.61. The predicted octanol–water partition coefficient (Wildman–Crippen LogP) is 1.74. The lowest BCUT2D eigenvalue weighted by molar-refractivity contribution is -0.132. The number of nitrogens with one attached hydrogen (secondary N) is 1. The van der Waals surface area contributed by atoms with Crippen molar-refractivity contribution >= 4 is 28.8 Å². The summed E-state index contributed by atoms with van der Waals surface area (Å²) in [5.74, 6) is -1.18. The van der Waals surface area contributed by atoms with Gasteiger partial charge in [0.2, 0.25) is 0 Å². The summed E-state index contributed by atoms with van der Waals surface area (Å²) in [6.07, 6.45) is 0. The summed E-state index contributed by atoms with van der Waals surface area (Å²) in [5, 5.41) is 0.505. The molecule has 1 N–H and O–H groups in total. The molecule has 0 aliphatic rings. The number of hydrogen-bond acceptors (Lipinski definition) is 7. The van der Waals surface area contributed by atoms with Crippen molar-refractivity contribution in [2.75, 3.05) is 27.2 Å².